The van der Waals surface area contributed by atoms with Gasteiger partial charge in [-0.1, -0.05) is 24.3 Å². The van der Waals surface area contributed by atoms with Crippen LogP contribution >= 0.6 is 0 Å². The first-order valence-electron chi connectivity index (χ1n) is 6.97. The van der Waals surface area contributed by atoms with Gasteiger partial charge in [0.1, 0.15) is 11.6 Å². The van der Waals surface area contributed by atoms with E-state index in [-0.39, 0.29) is 5.82 Å². The predicted molar refractivity (Wildman–Crippen MR) is 77.5 cm³/mol. The van der Waals surface area contributed by atoms with Gasteiger partial charge < -0.3 is 10.5 Å². The van der Waals surface area contributed by atoms with Crippen LogP contribution in [0, 0.1) is 5.82 Å². The number of nitrogens with two attached hydrogens (primary N) is 1. The van der Waals surface area contributed by atoms with Gasteiger partial charge in [0.15, 0.2) is 0 Å². The maximum atomic E-state index is 13.2. The Morgan fingerprint density at radius 2 is 2.05 bits per heavy atom. The molecule has 2 N–H and O–H groups in total. The molecule has 0 heterocycles. The van der Waals surface area contributed by atoms with E-state index in [2.05, 4.69) is 24.3 Å². The van der Waals surface area contributed by atoms with Crippen LogP contribution in [0.15, 0.2) is 42.5 Å². The molecule has 0 amide bonds. The van der Waals surface area contributed by atoms with Crippen LogP contribution in [-0.2, 0) is 12.8 Å². The molecule has 104 valence electrons. The molecule has 0 saturated carbocycles. The Balaban J connectivity index is 1.68. The van der Waals surface area contributed by atoms with Crippen LogP contribution < -0.4 is 10.5 Å². The van der Waals surface area contributed by atoms with Crippen molar-refractivity contribution in [3.05, 3.63) is 65.0 Å². The van der Waals surface area contributed by atoms with Crippen LogP contribution in [-0.4, -0.2) is 13.2 Å². The van der Waals surface area contributed by atoms with E-state index < -0.39 is 0 Å². The van der Waals surface area contributed by atoms with Crippen molar-refractivity contribution in [1.82, 2.24) is 0 Å². The minimum Gasteiger partial charge on any atom is -0.493 e. The van der Waals surface area contributed by atoms with Gasteiger partial charge in [-0.05, 0) is 54.3 Å². The molecule has 0 radical (unpaired) electrons. The Morgan fingerprint density at radius 1 is 1.20 bits per heavy atom. The van der Waals surface area contributed by atoms with Crippen LogP contribution in [0.25, 0.3) is 0 Å². The number of rotatable bonds is 5. The molecule has 1 unspecified atom stereocenters. The Morgan fingerprint density at radius 3 is 2.85 bits per heavy atom. The molecular weight excluding hydrogens is 253 g/mol. The van der Waals surface area contributed by atoms with Crippen LogP contribution in [0.1, 0.15) is 22.6 Å². The standard InChI is InChI=1S/C17H18FNO/c18-15-5-6-17(13(10-15)7-8-19)20-11-14-9-12-3-1-2-4-16(12)14/h1-6,10,14H,7-9,11,19H2. The molecule has 0 fully saturated rings. The molecule has 2 aromatic carbocycles. The maximum Gasteiger partial charge on any atom is 0.123 e. The quantitative estimate of drug-likeness (QED) is 0.907. The summed E-state index contributed by atoms with van der Waals surface area (Å²) < 4.78 is 19.1. The Hall–Kier alpha value is -1.87. The lowest BCUT2D eigenvalue weighted by atomic mass is 9.78. The molecule has 2 aromatic rings. The predicted octanol–water partition coefficient (Wildman–Crippen LogP) is 3.05. The van der Waals surface area contributed by atoms with Gasteiger partial charge in [-0.2, -0.15) is 0 Å². The maximum absolute atomic E-state index is 13.2. The fourth-order valence-corrected chi connectivity index (χ4v) is 2.74. The number of hydrogen-bond acceptors (Lipinski definition) is 2. The highest BCUT2D eigenvalue weighted by Crippen LogP contribution is 2.35. The van der Waals surface area contributed by atoms with E-state index in [1.165, 1.54) is 23.3 Å². The lowest BCUT2D eigenvalue weighted by Gasteiger charge is -2.30. The van der Waals surface area contributed by atoms with Crippen LogP contribution in [0.4, 0.5) is 4.39 Å². The highest BCUT2D eigenvalue weighted by molar-refractivity contribution is 5.40. The third kappa shape index (κ3) is 2.54. The van der Waals surface area contributed by atoms with E-state index in [1.807, 2.05) is 0 Å². The molecule has 0 spiro atoms. The smallest absolute Gasteiger partial charge is 0.123 e. The number of benzene rings is 2. The summed E-state index contributed by atoms with van der Waals surface area (Å²) in [5.41, 5.74) is 9.18. The van der Waals surface area contributed by atoms with E-state index in [0.29, 0.717) is 25.5 Å². The van der Waals surface area contributed by atoms with E-state index in [9.17, 15) is 4.39 Å². The molecule has 20 heavy (non-hydrogen) atoms. The molecule has 0 aromatic heterocycles. The summed E-state index contributed by atoms with van der Waals surface area (Å²) in [6.45, 7) is 1.13. The minimum atomic E-state index is -0.241. The van der Waals surface area contributed by atoms with Crippen molar-refractivity contribution in [2.45, 2.75) is 18.8 Å². The average molecular weight is 271 g/mol. The molecule has 3 rings (SSSR count). The van der Waals surface area contributed by atoms with Gasteiger partial charge in [0.2, 0.25) is 0 Å². The van der Waals surface area contributed by atoms with Gasteiger partial charge in [0.05, 0.1) is 6.61 Å². The van der Waals surface area contributed by atoms with Crippen LogP contribution in [0.2, 0.25) is 0 Å². The average Bonchev–Trinajstić information content (AvgIpc) is 2.42. The zero-order valence-corrected chi connectivity index (χ0v) is 11.3. The SMILES string of the molecule is NCCc1cc(F)ccc1OCC1Cc2ccccc21. The van der Waals surface area contributed by atoms with Gasteiger partial charge >= 0.3 is 0 Å². The number of hydrogen-bond donors (Lipinski definition) is 1. The van der Waals surface area contributed by atoms with Gasteiger partial charge in [0, 0.05) is 5.92 Å². The third-order valence-corrected chi connectivity index (χ3v) is 3.84. The largest absolute Gasteiger partial charge is 0.493 e. The third-order valence-electron chi connectivity index (χ3n) is 3.84. The second-order valence-corrected chi connectivity index (χ2v) is 5.20. The summed E-state index contributed by atoms with van der Waals surface area (Å²) in [6, 6.07) is 13.1. The van der Waals surface area contributed by atoms with Gasteiger partial charge in [-0.25, -0.2) is 4.39 Å². The van der Waals surface area contributed by atoms with Crippen LogP contribution in [0.5, 0.6) is 5.75 Å². The first-order chi connectivity index (χ1) is 9.78. The lowest BCUT2D eigenvalue weighted by molar-refractivity contribution is 0.272. The van der Waals surface area contributed by atoms with E-state index >= 15 is 0 Å². The zero-order chi connectivity index (χ0) is 13.9. The summed E-state index contributed by atoms with van der Waals surface area (Å²) in [4.78, 5) is 0. The van der Waals surface area contributed by atoms with Gasteiger partial charge in [-0.3, -0.25) is 0 Å². The number of halogens is 1. The van der Waals surface area contributed by atoms with Crippen molar-refractivity contribution in [1.29, 1.82) is 0 Å². The number of ether oxygens (including phenoxy) is 1. The molecule has 1 aliphatic rings. The molecular formula is C17H18FNO. The van der Waals surface area contributed by atoms with E-state index in [4.69, 9.17) is 10.5 Å². The van der Waals surface area contributed by atoms with Crippen molar-refractivity contribution in [3.63, 3.8) is 0 Å². The summed E-state index contributed by atoms with van der Waals surface area (Å²) in [5, 5.41) is 0. The Bertz CT molecular complexity index is 612. The van der Waals surface area contributed by atoms with Crippen molar-refractivity contribution in [2.75, 3.05) is 13.2 Å². The lowest BCUT2D eigenvalue weighted by Crippen LogP contribution is -2.23. The zero-order valence-electron chi connectivity index (χ0n) is 11.3. The summed E-state index contributed by atoms with van der Waals surface area (Å²) in [6.07, 6.45) is 1.69. The summed E-state index contributed by atoms with van der Waals surface area (Å²) in [7, 11) is 0. The Labute approximate surface area is 118 Å². The van der Waals surface area contributed by atoms with Gasteiger partial charge in [-0.15, -0.1) is 0 Å². The number of fused-ring (bicyclic) bond motifs is 1. The summed E-state index contributed by atoms with van der Waals surface area (Å²) >= 11 is 0. The molecule has 0 saturated heterocycles. The van der Waals surface area contributed by atoms with E-state index in [0.717, 1.165) is 17.7 Å². The molecule has 3 heteroatoms. The molecule has 1 atom stereocenters. The van der Waals surface area contributed by atoms with Crippen molar-refractivity contribution in [3.8, 4) is 5.75 Å². The van der Waals surface area contributed by atoms with Gasteiger partial charge in [0.25, 0.3) is 0 Å². The second-order valence-electron chi connectivity index (χ2n) is 5.20. The molecule has 0 bridgehead atoms. The first-order valence-corrected chi connectivity index (χ1v) is 6.97. The molecule has 0 aliphatic heterocycles. The molecule has 1 aliphatic carbocycles. The topological polar surface area (TPSA) is 35.2 Å². The normalized spacial score (nSPS) is 16.4. The monoisotopic (exact) mass is 271 g/mol. The van der Waals surface area contributed by atoms with E-state index in [1.54, 1.807) is 6.07 Å². The van der Waals surface area contributed by atoms with Crippen LogP contribution in [0.3, 0.4) is 0 Å². The fourth-order valence-electron chi connectivity index (χ4n) is 2.74. The second kappa shape index (κ2) is 5.63. The van der Waals surface area contributed by atoms with Crippen molar-refractivity contribution >= 4 is 0 Å². The highest BCUT2D eigenvalue weighted by atomic mass is 19.1. The Kier molecular flexibility index (Phi) is 3.70. The minimum absolute atomic E-state index is 0.241. The van der Waals surface area contributed by atoms with Crippen molar-refractivity contribution < 1.29 is 9.13 Å². The summed E-state index contributed by atoms with van der Waals surface area (Å²) in [5.74, 6) is 0.956. The van der Waals surface area contributed by atoms with Crippen molar-refractivity contribution in [2.24, 2.45) is 5.73 Å². The molecule has 2 nitrogen and oxygen atoms in total. The first kappa shape index (κ1) is 13.1. The highest BCUT2D eigenvalue weighted by Gasteiger charge is 2.26. The fraction of sp³-hybridized carbons (Fsp3) is 0.294.